The molecule has 0 aliphatic heterocycles. The third kappa shape index (κ3) is 8.57. The summed E-state index contributed by atoms with van der Waals surface area (Å²) in [7, 11) is 0. The molecule has 2 nitrogen and oxygen atoms in total. The lowest BCUT2D eigenvalue weighted by Gasteiger charge is -2.03. The molecule has 3 heteroatoms. The van der Waals surface area contributed by atoms with E-state index in [0.717, 1.165) is 13.0 Å². The summed E-state index contributed by atoms with van der Waals surface area (Å²) in [6.07, 6.45) is 16.4. The lowest BCUT2D eigenvalue weighted by molar-refractivity contribution is 0.533. The average Bonchev–Trinajstić information content (AvgIpc) is 2.85. The summed E-state index contributed by atoms with van der Waals surface area (Å²) < 4.78 is 1.86. The van der Waals surface area contributed by atoms with Crippen LogP contribution in [0.25, 0.3) is 0 Å². The number of rotatable bonds is 13. The van der Waals surface area contributed by atoms with E-state index in [1.54, 1.807) is 6.07 Å². The topological polar surface area (TPSA) is 22.0 Å². The van der Waals surface area contributed by atoms with Gasteiger partial charge in [0.25, 0.3) is 5.56 Å². The summed E-state index contributed by atoms with van der Waals surface area (Å²) in [6, 6.07) is 1.66. The molecular formula is C17H31NOS. The number of hydrogen-bond donors (Lipinski definition) is 0. The first-order chi connectivity index (χ1) is 9.84. The van der Waals surface area contributed by atoms with Gasteiger partial charge in [0.2, 0.25) is 0 Å². The monoisotopic (exact) mass is 297 g/mol. The minimum Gasteiger partial charge on any atom is -0.268 e. The standard InChI is InChI=1S/C17H31NOS/c1-2-3-4-5-6-7-8-9-10-11-12-13-15-18-17(19)14-16-20-18/h14,16H,2-13,15H2,1H3. The van der Waals surface area contributed by atoms with E-state index in [4.69, 9.17) is 0 Å². The molecule has 0 fully saturated rings. The van der Waals surface area contributed by atoms with E-state index in [1.807, 2.05) is 9.34 Å². The highest BCUT2D eigenvalue weighted by Crippen LogP contribution is 2.12. The fraction of sp³-hybridized carbons (Fsp3) is 0.824. The van der Waals surface area contributed by atoms with Crippen LogP contribution in [0.2, 0.25) is 0 Å². The third-order valence-corrected chi connectivity index (χ3v) is 4.73. The first-order valence-corrected chi connectivity index (χ1v) is 9.33. The molecule has 0 atom stereocenters. The van der Waals surface area contributed by atoms with Crippen LogP contribution in [0.5, 0.6) is 0 Å². The van der Waals surface area contributed by atoms with Crippen molar-refractivity contribution in [3.05, 3.63) is 21.8 Å². The Bertz CT molecular complexity index is 369. The molecule has 20 heavy (non-hydrogen) atoms. The zero-order valence-corrected chi connectivity index (χ0v) is 13.9. The van der Waals surface area contributed by atoms with Gasteiger partial charge in [-0.25, -0.2) is 0 Å². The van der Waals surface area contributed by atoms with Crippen molar-refractivity contribution in [2.45, 2.75) is 90.5 Å². The molecule has 0 bridgehead atoms. The second-order valence-electron chi connectivity index (χ2n) is 5.74. The number of aromatic nitrogens is 1. The molecule has 0 spiro atoms. The molecule has 0 saturated carbocycles. The van der Waals surface area contributed by atoms with Crippen molar-refractivity contribution in [3.63, 3.8) is 0 Å². The van der Waals surface area contributed by atoms with Crippen molar-refractivity contribution >= 4 is 11.5 Å². The molecule has 0 saturated heterocycles. The second kappa shape index (κ2) is 12.2. The molecule has 0 aromatic carbocycles. The summed E-state index contributed by atoms with van der Waals surface area (Å²) in [6.45, 7) is 3.18. The number of nitrogens with zero attached hydrogens (tertiary/aromatic N) is 1. The molecule has 1 aromatic rings. The van der Waals surface area contributed by atoms with Crippen LogP contribution in [-0.4, -0.2) is 3.96 Å². The third-order valence-electron chi connectivity index (χ3n) is 3.86. The molecule has 0 unspecified atom stereocenters. The molecule has 0 radical (unpaired) electrons. The van der Waals surface area contributed by atoms with E-state index < -0.39 is 0 Å². The fourth-order valence-electron chi connectivity index (χ4n) is 2.56. The van der Waals surface area contributed by atoms with Gasteiger partial charge in [-0.3, -0.25) is 8.75 Å². The van der Waals surface area contributed by atoms with Gasteiger partial charge in [-0.2, -0.15) is 0 Å². The Balaban J connectivity index is 1.79. The Morgan fingerprint density at radius 2 is 1.35 bits per heavy atom. The van der Waals surface area contributed by atoms with E-state index in [-0.39, 0.29) is 5.56 Å². The summed E-state index contributed by atoms with van der Waals surface area (Å²) in [5.41, 5.74) is 0.165. The second-order valence-corrected chi connectivity index (χ2v) is 6.66. The van der Waals surface area contributed by atoms with Gasteiger partial charge in [0.1, 0.15) is 0 Å². The van der Waals surface area contributed by atoms with Gasteiger partial charge in [0, 0.05) is 18.0 Å². The molecular weight excluding hydrogens is 266 g/mol. The molecule has 0 amide bonds. The van der Waals surface area contributed by atoms with Crippen LogP contribution in [-0.2, 0) is 6.54 Å². The minimum absolute atomic E-state index is 0.165. The van der Waals surface area contributed by atoms with Crippen molar-refractivity contribution in [3.8, 4) is 0 Å². The normalized spacial score (nSPS) is 11.1. The van der Waals surface area contributed by atoms with E-state index >= 15 is 0 Å². The molecule has 0 N–H and O–H groups in total. The highest BCUT2D eigenvalue weighted by atomic mass is 32.1. The van der Waals surface area contributed by atoms with Crippen LogP contribution in [0.15, 0.2) is 16.2 Å². The van der Waals surface area contributed by atoms with E-state index in [1.165, 1.54) is 82.2 Å². The SMILES string of the molecule is CCCCCCCCCCCCCCn1sccc1=O. The van der Waals surface area contributed by atoms with Crippen molar-refractivity contribution in [2.75, 3.05) is 0 Å². The Hall–Kier alpha value is -0.570. The van der Waals surface area contributed by atoms with Crippen molar-refractivity contribution < 1.29 is 0 Å². The van der Waals surface area contributed by atoms with Crippen LogP contribution in [0, 0.1) is 0 Å². The summed E-state index contributed by atoms with van der Waals surface area (Å²) in [4.78, 5) is 11.3. The van der Waals surface area contributed by atoms with Gasteiger partial charge in [-0.05, 0) is 6.42 Å². The molecule has 0 aliphatic rings. The molecule has 116 valence electrons. The van der Waals surface area contributed by atoms with E-state index in [9.17, 15) is 4.79 Å². The zero-order valence-electron chi connectivity index (χ0n) is 13.1. The van der Waals surface area contributed by atoms with Gasteiger partial charge in [-0.15, -0.1) is 0 Å². The molecule has 1 aromatic heterocycles. The van der Waals surface area contributed by atoms with Crippen LogP contribution in [0.3, 0.4) is 0 Å². The van der Waals surface area contributed by atoms with E-state index in [2.05, 4.69) is 6.92 Å². The highest BCUT2D eigenvalue weighted by Gasteiger charge is 1.97. The summed E-state index contributed by atoms with van der Waals surface area (Å²) in [5, 5.41) is 1.88. The maximum absolute atomic E-state index is 11.3. The van der Waals surface area contributed by atoms with Gasteiger partial charge >= 0.3 is 0 Å². The number of unbranched alkanes of at least 4 members (excludes halogenated alkanes) is 11. The lowest BCUT2D eigenvalue weighted by Crippen LogP contribution is -2.11. The van der Waals surface area contributed by atoms with E-state index in [0.29, 0.717) is 0 Å². The van der Waals surface area contributed by atoms with Crippen molar-refractivity contribution in [1.82, 2.24) is 3.96 Å². The Morgan fingerprint density at radius 3 is 1.80 bits per heavy atom. The van der Waals surface area contributed by atoms with Crippen molar-refractivity contribution in [2.24, 2.45) is 0 Å². The van der Waals surface area contributed by atoms with Crippen LogP contribution in [0.4, 0.5) is 0 Å². The maximum Gasteiger partial charge on any atom is 0.260 e. The number of hydrogen-bond acceptors (Lipinski definition) is 2. The predicted octanol–water partition coefficient (Wildman–Crippen LogP) is 5.61. The Kier molecular flexibility index (Phi) is 10.7. The summed E-state index contributed by atoms with van der Waals surface area (Å²) in [5.74, 6) is 0. The smallest absolute Gasteiger partial charge is 0.260 e. The Morgan fingerprint density at radius 1 is 0.850 bits per heavy atom. The number of aryl methyl sites for hydroxylation is 1. The predicted molar refractivity (Wildman–Crippen MR) is 89.7 cm³/mol. The van der Waals surface area contributed by atoms with Gasteiger partial charge in [0.15, 0.2) is 0 Å². The van der Waals surface area contributed by atoms with Gasteiger partial charge in [-0.1, -0.05) is 89.1 Å². The zero-order chi connectivity index (χ0) is 14.5. The molecule has 1 heterocycles. The molecule has 1 rings (SSSR count). The van der Waals surface area contributed by atoms with Crippen LogP contribution < -0.4 is 5.56 Å². The fourth-order valence-corrected chi connectivity index (χ4v) is 3.28. The van der Waals surface area contributed by atoms with Gasteiger partial charge < -0.3 is 0 Å². The Labute approximate surface area is 128 Å². The first-order valence-electron chi connectivity index (χ1n) is 8.49. The first kappa shape index (κ1) is 17.5. The van der Waals surface area contributed by atoms with Gasteiger partial charge in [0.05, 0.1) is 0 Å². The highest BCUT2D eigenvalue weighted by molar-refractivity contribution is 7.04. The quantitative estimate of drug-likeness (QED) is 0.434. The van der Waals surface area contributed by atoms with Crippen LogP contribution in [0.1, 0.15) is 84.0 Å². The van der Waals surface area contributed by atoms with Crippen molar-refractivity contribution in [1.29, 1.82) is 0 Å². The maximum atomic E-state index is 11.3. The largest absolute Gasteiger partial charge is 0.268 e. The average molecular weight is 298 g/mol. The summed E-state index contributed by atoms with van der Waals surface area (Å²) >= 11 is 1.54. The minimum atomic E-state index is 0.165. The lowest BCUT2D eigenvalue weighted by atomic mass is 10.1. The van der Waals surface area contributed by atoms with Crippen LogP contribution >= 0.6 is 11.5 Å². The molecule has 0 aliphatic carbocycles.